The third kappa shape index (κ3) is 1.22. The topological polar surface area (TPSA) is 0 Å². The Kier molecular flexibility index (Phi) is 2.19. The summed E-state index contributed by atoms with van der Waals surface area (Å²) in [6.45, 7) is 0. The van der Waals surface area contributed by atoms with Crippen molar-refractivity contribution in [1.82, 2.24) is 0 Å². The summed E-state index contributed by atoms with van der Waals surface area (Å²) in [5, 5.41) is 0. The van der Waals surface area contributed by atoms with E-state index in [0.29, 0.717) is 5.92 Å². The molecule has 63 valence electrons. The molecule has 1 radical (unpaired) electrons. The molecule has 2 aliphatic rings. The number of allylic oxidation sites excluding steroid dienone is 4. The van der Waals surface area contributed by atoms with Crippen LogP contribution in [0.5, 0.6) is 0 Å². The molecule has 0 nitrogen and oxygen atoms in total. The van der Waals surface area contributed by atoms with Gasteiger partial charge in [-0.05, 0) is 12.3 Å². The summed E-state index contributed by atoms with van der Waals surface area (Å²) in [5.74, 6) is 0.652. The third-order valence-corrected chi connectivity index (χ3v) is 2.70. The summed E-state index contributed by atoms with van der Waals surface area (Å²) < 4.78 is 0. The molecule has 0 aliphatic heterocycles. The molecule has 0 saturated carbocycles. The van der Waals surface area contributed by atoms with Crippen molar-refractivity contribution in [3.05, 3.63) is 53.6 Å². The van der Waals surface area contributed by atoms with Crippen LogP contribution >= 0.6 is 0 Å². The van der Waals surface area contributed by atoms with Gasteiger partial charge >= 0.3 is 0 Å². The molecule has 13 heavy (non-hydrogen) atoms. The molecule has 1 aromatic carbocycles. The zero-order valence-corrected chi connectivity index (χ0v) is 8.59. The second kappa shape index (κ2) is 3.21. The second-order valence-corrected chi connectivity index (χ2v) is 3.38. The van der Waals surface area contributed by atoms with Crippen LogP contribution in [0.15, 0.2) is 36.4 Å². The molecule has 0 saturated heterocycles. The predicted octanol–water partition coefficient (Wildman–Crippen LogP) is 2.61. The normalized spacial score (nSPS) is 21.8. The largest absolute Gasteiger partial charge is 0.180 e. The van der Waals surface area contributed by atoms with E-state index < -0.39 is 0 Å². The first-order chi connectivity index (χ1) is 5.95. The van der Waals surface area contributed by atoms with Crippen LogP contribution in [0.25, 0.3) is 5.57 Å². The molecule has 0 aromatic heterocycles. The van der Waals surface area contributed by atoms with Gasteiger partial charge in [0.1, 0.15) is 0 Å². The maximum absolute atomic E-state index is 3.30. The molecule has 0 fully saturated rings. The van der Waals surface area contributed by atoms with Crippen LogP contribution in [0.1, 0.15) is 11.1 Å². The molecule has 1 atom stereocenters. The quantitative estimate of drug-likeness (QED) is 0.570. The Bertz CT molecular complexity index is 388. The van der Waals surface area contributed by atoms with Gasteiger partial charge in [-0.15, -0.1) is 5.56 Å². The first-order valence-electron chi connectivity index (χ1n) is 4.33. The summed E-state index contributed by atoms with van der Waals surface area (Å²) in [6, 6.07) is 9.58. The first-order valence-corrected chi connectivity index (χ1v) is 4.33. The van der Waals surface area contributed by atoms with Gasteiger partial charge in [0, 0.05) is 18.6 Å². The standard InChI is InChI=1S/C12H9.V/c1-2-6-11-9(4-1)8-10-5-3-7-12(10)11;/h1-3,5-7,10H,8H2;/q-1;. The van der Waals surface area contributed by atoms with Crippen molar-refractivity contribution < 1.29 is 18.6 Å². The van der Waals surface area contributed by atoms with Crippen molar-refractivity contribution >= 4 is 5.57 Å². The summed E-state index contributed by atoms with van der Waals surface area (Å²) in [4.78, 5) is 0. The van der Waals surface area contributed by atoms with Crippen LogP contribution in [-0.2, 0) is 25.0 Å². The summed E-state index contributed by atoms with van der Waals surface area (Å²) >= 11 is 0. The van der Waals surface area contributed by atoms with Crippen LogP contribution in [0.4, 0.5) is 0 Å². The fourth-order valence-corrected chi connectivity index (χ4v) is 2.12. The number of benzene rings is 1. The van der Waals surface area contributed by atoms with Gasteiger partial charge in [0.25, 0.3) is 0 Å². The first kappa shape index (κ1) is 8.86. The van der Waals surface area contributed by atoms with E-state index in [2.05, 4.69) is 36.4 Å². The van der Waals surface area contributed by atoms with Crippen LogP contribution in [0.2, 0.25) is 0 Å². The van der Waals surface area contributed by atoms with Crippen LogP contribution in [-0.4, -0.2) is 0 Å². The molecule has 0 amide bonds. The van der Waals surface area contributed by atoms with E-state index in [4.69, 9.17) is 0 Å². The van der Waals surface area contributed by atoms with E-state index in [-0.39, 0.29) is 18.6 Å². The minimum Gasteiger partial charge on any atom is -0.180 e. The van der Waals surface area contributed by atoms with Gasteiger partial charge in [0.15, 0.2) is 0 Å². The van der Waals surface area contributed by atoms with Crippen molar-refractivity contribution in [3.8, 4) is 0 Å². The van der Waals surface area contributed by atoms with E-state index in [1.165, 1.54) is 16.7 Å². The Morgan fingerprint density at radius 1 is 1.38 bits per heavy atom. The molecule has 1 heteroatoms. The van der Waals surface area contributed by atoms with E-state index in [1.54, 1.807) is 0 Å². The Balaban J connectivity index is 0.000000653. The van der Waals surface area contributed by atoms with Gasteiger partial charge in [-0.2, -0.15) is 29.8 Å². The van der Waals surface area contributed by atoms with Crippen molar-refractivity contribution in [2.45, 2.75) is 6.42 Å². The van der Waals surface area contributed by atoms with Gasteiger partial charge in [0.2, 0.25) is 0 Å². The Morgan fingerprint density at radius 2 is 2.31 bits per heavy atom. The van der Waals surface area contributed by atoms with E-state index in [9.17, 15) is 0 Å². The van der Waals surface area contributed by atoms with Gasteiger partial charge in [0.05, 0.1) is 0 Å². The van der Waals surface area contributed by atoms with Gasteiger partial charge < -0.3 is 0 Å². The zero-order chi connectivity index (χ0) is 7.97. The van der Waals surface area contributed by atoms with Gasteiger partial charge in [-0.25, -0.2) is 0 Å². The maximum Gasteiger partial charge on any atom is 0 e. The number of fused-ring (bicyclic) bond motifs is 3. The van der Waals surface area contributed by atoms with Crippen LogP contribution in [0, 0.1) is 12.0 Å². The van der Waals surface area contributed by atoms with E-state index >= 15 is 0 Å². The van der Waals surface area contributed by atoms with Crippen molar-refractivity contribution in [2.75, 3.05) is 0 Å². The Hall–Kier alpha value is -0.716. The molecule has 0 N–H and O–H groups in total. The monoisotopic (exact) mass is 204 g/mol. The summed E-state index contributed by atoms with van der Waals surface area (Å²) in [5.41, 5.74) is 4.28. The van der Waals surface area contributed by atoms with E-state index in [0.717, 1.165) is 6.42 Å². The van der Waals surface area contributed by atoms with Crippen LogP contribution < -0.4 is 0 Å². The second-order valence-electron chi connectivity index (χ2n) is 3.38. The SMILES string of the molecule is [V].[c-]1cccc2c1CC1C=CC=C21. The molecule has 1 unspecified atom stereocenters. The Morgan fingerprint density at radius 3 is 3.23 bits per heavy atom. The minimum atomic E-state index is 0. The molecule has 2 aliphatic carbocycles. The minimum absolute atomic E-state index is 0. The fraction of sp³-hybridized carbons (Fsp3) is 0.167. The smallest absolute Gasteiger partial charge is 0 e. The summed E-state index contributed by atoms with van der Waals surface area (Å²) in [6.07, 6.45) is 7.82. The fourth-order valence-electron chi connectivity index (χ4n) is 2.12. The Labute approximate surface area is 90.2 Å². The number of rotatable bonds is 0. The molecule has 0 bridgehead atoms. The number of hydrogen-bond donors (Lipinski definition) is 0. The number of hydrogen-bond acceptors (Lipinski definition) is 0. The molecular weight excluding hydrogens is 195 g/mol. The van der Waals surface area contributed by atoms with E-state index in [1.807, 2.05) is 6.07 Å². The molecule has 0 spiro atoms. The molecular formula is C12H9V-. The van der Waals surface area contributed by atoms with Crippen LogP contribution in [0.3, 0.4) is 0 Å². The maximum atomic E-state index is 3.30. The van der Waals surface area contributed by atoms with Gasteiger partial charge in [-0.3, -0.25) is 0 Å². The third-order valence-electron chi connectivity index (χ3n) is 2.70. The van der Waals surface area contributed by atoms with Crippen molar-refractivity contribution in [2.24, 2.45) is 5.92 Å². The zero-order valence-electron chi connectivity index (χ0n) is 7.20. The summed E-state index contributed by atoms with van der Waals surface area (Å²) in [7, 11) is 0. The van der Waals surface area contributed by atoms with Gasteiger partial charge in [-0.1, -0.05) is 23.8 Å². The predicted molar refractivity (Wildman–Crippen MR) is 49.6 cm³/mol. The molecule has 0 heterocycles. The average molecular weight is 204 g/mol. The van der Waals surface area contributed by atoms with Crippen molar-refractivity contribution in [1.29, 1.82) is 0 Å². The molecule has 1 aromatic rings. The average Bonchev–Trinajstić information content (AvgIpc) is 2.62. The van der Waals surface area contributed by atoms with Crippen molar-refractivity contribution in [3.63, 3.8) is 0 Å². The molecule has 3 rings (SSSR count).